The van der Waals surface area contributed by atoms with Gasteiger partial charge in [-0.25, -0.2) is 9.78 Å². The minimum Gasteiger partial charge on any atom is -0.461 e. The second kappa shape index (κ2) is 5.90. The summed E-state index contributed by atoms with van der Waals surface area (Å²) in [7, 11) is 0. The highest BCUT2D eigenvalue weighted by Gasteiger charge is 2.32. The Morgan fingerprint density at radius 3 is 2.52 bits per heavy atom. The van der Waals surface area contributed by atoms with Gasteiger partial charge in [-0.3, -0.25) is 4.98 Å². The van der Waals surface area contributed by atoms with Crippen molar-refractivity contribution in [2.24, 2.45) is 0 Å². The minimum absolute atomic E-state index is 0.0608. The van der Waals surface area contributed by atoms with E-state index in [2.05, 4.69) is 9.97 Å². The molecule has 0 aliphatic carbocycles. The molecular formula is C14H11F3N2O2. The van der Waals surface area contributed by atoms with Crippen molar-refractivity contribution >= 4 is 5.97 Å². The molecule has 2 heterocycles. The Morgan fingerprint density at radius 1 is 1.29 bits per heavy atom. The maximum absolute atomic E-state index is 12.8. The molecule has 2 aromatic rings. The molecule has 0 unspecified atom stereocenters. The highest BCUT2D eigenvalue weighted by Crippen LogP contribution is 2.33. The number of esters is 1. The van der Waals surface area contributed by atoms with Gasteiger partial charge < -0.3 is 4.74 Å². The fourth-order valence-electron chi connectivity index (χ4n) is 1.73. The number of carbonyl (C=O) groups excluding carboxylic acids is 1. The van der Waals surface area contributed by atoms with Crippen LogP contribution in [-0.2, 0) is 10.9 Å². The van der Waals surface area contributed by atoms with Crippen LogP contribution in [0.4, 0.5) is 13.2 Å². The zero-order chi connectivity index (χ0) is 15.5. The smallest absolute Gasteiger partial charge is 0.417 e. The van der Waals surface area contributed by atoms with E-state index in [1.54, 1.807) is 6.92 Å². The first kappa shape index (κ1) is 15.0. The minimum atomic E-state index is -4.54. The second-order valence-corrected chi connectivity index (χ2v) is 4.07. The average Bonchev–Trinajstić information content (AvgIpc) is 2.47. The number of hydrogen-bond donors (Lipinski definition) is 0. The first-order valence-corrected chi connectivity index (χ1v) is 6.08. The Kier molecular flexibility index (Phi) is 4.21. The molecule has 4 nitrogen and oxygen atoms in total. The van der Waals surface area contributed by atoms with Gasteiger partial charge in [0.15, 0.2) is 5.69 Å². The van der Waals surface area contributed by atoms with Crippen LogP contribution in [0.25, 0.3) is 11.1 Å². The number of pyridine rings is 2. The SMILES string of the molecule is CCOC(=O)c1ncc(C(F)(F)F)cc1-c1ccncc1. The van der Waals surface area contributed by atoms with E-state index in [1.807, 2.05) is 0 Å². The quantitative estimate of drug-likeness (QED) is 0.815. The van der Waals surface area contributed by atoms with Crippen molar-refractivity contribution in [1.29, 1.82) is 0 Å². The molecule has 0 radical (unpaired) electrons. The highest BCUT2D eigenvalue weighted by atomic mass is 19.4. The van der Waals surface area contributed by atoms with Crippen LogP contribution in [0.1, 0.15) is 23.0 Å². The number of alkyl halides is 3. The van der Waals surface area contributed by atoms with Crippen molar-refractivity contribution in [2.75, 3.05) is 6.61 Å². The molecular weight excluding hydrogens is 285 g/mol. The lowest BCUT2D eigenvalue weighted by Crippen LogP contribution is -2.12. The summed E-state index contributed by atoms with van der Waals surface area (Å²) in [5, 5.41) is 0. The maximum atomic E-state index is 12.8. The predicted octanol–water partition coefficient (Wildman–Crippen LogP) is 3.34. The number of halogens is 3. The summed E-state index contributed by atoms with van der Waals surface area (Å²) in [5.74, 6) is -0.766. The van der Waals surface area contributed by atoms with Gasteiger partial charge in [-0.1, -0.05) is 0 Å². The number of carbonyl (C=O) groups is 1. The summed E-state index contributed by atoms with van der Waals surface area (Å²) in [6.07, 6.45) is -1.08. The van der Waals surface area contributed by atoms with Gasteiger partial charge in [0, 0.05) is 24.2 Å². The Labute approximate surface area is 118 Å². The zero-order valence-corrected chi connectivity index (χ0v) is 11.0. The Bertz CT molecular complexity index is 642. The van der Waals surface area contributed by atoms with E-state index < -0.39 is 17.7 Å². The first-order valence-electron chi connectivity index (χ1n) is 6.08. The molecule has 2 rings (SSSR count). The number of aromatic nitrogens is 2. The van der Waals surface area contributed by atoms with Crippen molar-refractivity contribution < 1.29 is 22.7 Å². The van der Waals surface area contributed by atoms with E-state index >= 15 is 0 Å². The normalized spacial score (nSPS) is 11.2. The van der Waals surface area contributed by atoms with Gasteiger partial charge >= 0.3 is 12.1 Å². The van der Waals surface area contributed by atoms with Gasteiger partial charge in [0.1, 0.15) is 0 Å². The van der Waals surface area contributed by atoms with Crippen LogP contribution in [0.2, 0.25) is 0 Å². The number of rotatable bonds is 3. The fraction of sp³-hybridized carbons (Fsp3) is 0.214. The molecule has 2 aromatic heterocycles. The number of nitrogens with zero attached hydrogens (tertiary/aromatic N) is 2. The van der Waals surface area contributed by atoms with E-state index in [0.717, 1.165) is 6.07 Å². The lowest BCUT2D eigenvalue weighted by Gasteiger charge is -2.12. The first-order chi connectivity index (χ1) is 9.93. The molecule has 7 heteroatoms. The second-order valence-electron chi connectivity index (χ2n) is 4.07. The monoisotopic (exact) mass is 296 g/mol. The van der Waals surface area contributed by atoms with Crippen molar-refractivity contribution in [3.63, 3.8) is 0 Å². The zero-order valence-electron chi connectivity index (χ0n) is 11.0. The predicted molar refractivity (Wildman–Crippen MR) is 68.4 cm³/mol. The fourth-order valence-corrected chi connectivity index (χ4v) is 1.73. The molecule has 0 aliphatic heterocycles. The Morgan fingerprint density at radius 2 is 1.95 bits per heavy atom. The standard InChI is InChI=1S/C14H11F3N2O2/c1-2-21-13(20)12-11(9-3-5-18-6-4-9)7-10(8-19-12)14(15,16)17/h3-8H,2H2,1H3. The number of hydrogen-bond acceptors (Lipinski definition) is 4. The van der Waals surface area contributed by atoms with E-state index in [-0.39, 0.29) is 17.9 Å². The van der Waals surface area contributed by atoms with Crippen molar-refractivity contribution in [3.8, 4) is 11.1 Å². The highest BCUT2D eigenvalue weighted by molar-refractivity contribution is 5.95. The van der Waals surface area contributed by atoms with E-state index in [0.29, 0.717) is 11.8 Å². The van der Waals surface area contributed by atoms with Gasteiger partial charge in [0.2, 0.25) is 0 Å². The van der Waals surface area contributed by atoms with Gasteiger partial charge in [-0.2, -0.15) is 13.2 Å². The lowest BCUT2D eigenvalue weighted by atomic mass is 10.0. The lowest BCUT2D eigenvalue weighted by molar-refractivity contribution is -0.137. The summed E-state index contributed by atoms with van der Waals surface area (Å²) in [5.41, 5.74) is -0.615. The molecule has 0 amide bonds. The van der Waals surface area contributed by atoms with Crippen LogP contribution in [0, 0.1) is 0 Å². The molecule has 0 spiro atoms. The topological polar surface area (TPSA) is 52.1 Å². The maximum Gasteiger partial charge on any atom is 0.417 e. The molecule has 0 bridgehead atoms. The van der Waals surface area contributed by atoms with Crippen LogP contribution in [0.3, 0.4) is 0 Å². The van der Waals surface area contributed by atoms with Crippen LogP contribution < -0.4 is 0 Å². The largest absolute Gasteiger partial charge is 0.461 e. The third-order valence-electron chi connectivity index (χ3n) is 2.68. The van der Waals surface area contributed by atoms with Crippen molar-refractivity contribution in [2.45, 2.75) is 13.1 Å². The van der Waals surface area contributed by atoms with Gasteiger partial charge in [-0.05, 0) is 30.7 Å². The molecule has 0 saturated carbocycles. The summed E-state index contributed by atoms with van der Waals surface area (Å²) in [4.78, 5) is 19.2. The van der Waals surface area contributed by atoms with E-state index in [1.165, 1.54) is 24.5 Å². The van der Waals surface area contributed by atoms with Crippen molar-refractivity contribution in [3.05, 3.63) is 48.0 Å². The summed E-state index contributed by atoms with van der Waals surface area (Å²) < 4.78 is 43.2. The molecule has 0 N–H and O–H groups in total. The molecule has 0 aliphatic rings. The van der Waals surface area contributed by atoms with Gasteiger partial charge in [0.25, 0.3) is 0 Å². The number of ether oxygens (including phenoxy) is 1. The molecule has 0 aromatic carbocycles. The third-order valence-corrected chi connectivity index (χ3v) is 2.68. The Hall–Kier alpha value is -2.44. The van der Waals surface area contributed by atoms with Crippen molar-refractivity contribution in [1.82, 2.24) is 9.97 Å². The summed E-state index contributed by atoms with van der Waals surface area (Å²) in [6, 6.07) is 3.88. The molecule has 0 fully saturated rings. The molecule has 0 atom stereocenters. The van der Waals surface area contributed by atoms with Crippen LogP contribution in [0.15, 0.2) is 36.8 Å². The third kappa shape index (κ3) is 3.36. The molecule has 0 saturated heterocycles. The van der Waals surface area contributed by atoms with Crippen LogP contribution >= 0.6 is 0 Å². The van der Waals surface area contributed by atoms with E-state index in [4.69, 9.17) is 4.74 Å². The van der Waals surface area contributed by atoms with E-state index in [9.17, 15) is 18.0 Å². The van der Waals surface area contributed by atoms with Crippen LogP contribution in [0.5, 0.6) is 0 Å². The van der Waals surface area contributed by atoms with Gasteiger partial charge in [-0.15, -0.1) is 0 Å². The average molecular weight is 296 g/mol. The van der Waals surface area contributed by atoms with Gasteiger partial charge in [0.05, 0.1) is 12.2 Å². The summed E-state index contributed by atoms with van der Waals surface area (Å²) in [6.45, 7) is 1.71. The Balaban J connectivity index is 2.59. The summed E-state index contributed by atoms with van der Waals surface area (Å²) >= 11 is 0. The molecule has 21 heavy (non-hydrogen) atoms. The molecule has 110 valence electrons. The van der Waals surface area contributed by atoms with Crippen LogP contribution in [-0.4, -0.2) is 22.5 Å².